The van der Waals surface area contributed by atoms with E-state index in [0.717, 1.165) is 71.9 Å². The molecule has 86 heavy (non-hydrogen) atoms. The quantitative estimate of drug-likeness (QED) is 0.0980. The van der Waals surface area contributed by atoms with Gasteiger partial charge in [-0.05, 0) is 148 Å². The number of hydrogen-bond acceptors (Lipinski definition) is 16. The molecule has 2 N–H and O–H groups in total. The lowest BCUT2D eigenvalue weighted by Gasteiger charge is -2.48. The van der Waals surface area contributed by atoms with Gasteiger partial charge < -0.3 is 34.4 Å². The number of aromatic nitrogens is 6. The first-order chi connectivity index (χ1) is 40.6. The maximum absolute atomic E-state index is 14.7. The minimum atomic E-state index is -3.84. The van der Waals surface area contributed by atoms with Crippen molar-refractivity contribution in [2.75, 3.05) is 87.2 Å². The van der Waals surface area contributed by atoms with E-state index in [-0.39, 0.29) is 64.5 Å². The summed E-state index contributed by atoms with van der Waals surface area (Å²) in [5, 5.41) is 11.1. The molecule has 4 aliphatic heterocycles. The summed E-state index contributed by atoms with van der Waals surface area (Å²) in [7, 11) is -3.84. The monoisotopic (exact) mass is 1200 g/mol. The molecule has 0 radical (unpaired) electrons. The van der Waals surface area contributed by atoms with E-state index in [2.05, 4.69) is 61.0 Å². The fourth-order valence-electron chi connectivity index (χ4n) is 12.2. The number of fused-ring (bicyclic) bond motifs is 2. The minimum Gasteiger partial charge on any atom is -0.492 e. The molecule has 6 aromatic rings. The van der Waals surface area contributed by atoms with Crippen LogP contribution in [0.3, 0.4) is 0 Å². The van der Waals surface area contributed by atoms with Crippen LogP contribution in [0.5, 0.6) is 5.75 Å². The van der Waals surface area contributed by atoms with Crippen molar-refractivity contribution in [1.29, 1.82) is 0 Å². The molecule has 4 aromatic heterocycles. The third kappa shape index (κ3) is 13.5. The second-order valence-corrected chi connectivity index (χ2v) is 29.3. The maximum Gasteiger partial charge on any atom is 0.410 e. The molecule has 22 heteroatoms. The van der Waals surface area contributed by atoms with Gasteiger partial charge in [0.2, 0.25) is 5.91 Å². The number of halogens is 1. The number of piperidine rings is 1. The number of anilines is 4. The van der Waals surface area contributed by atoms with Crippen LogP contribution >= 0.6 is 0 Å². The first kappa shape index (κ1) is 61.8. The van der Waals surface area contributed by atoms with Crippen molar-refractivity contribution in [3.63, 3.8) is 0 Å². The predicted molar refractivity (Wildman–Crippen MR) is 331 cm³/mol. The largest absolute Gasteiger partial charge is 0.492 e. The number of sulfone groups is 1. The van der Waals surface area contributed by atoms with Crippen LogP contribution in [0, 0.1) is 25.6 Å². The zero-order valence-corrected chi connectivity index (χ0v) is 52.7. The molecule has 0 aliphatic carbocycles. The SMILES string of the molecule is Cc1n[nH]c(Nc2ncnc3cc(OCCC4CCN(c5ccc(C(=O)N6CCN(CC7CN(C(=O)OC(C)(C)C)C(C)CN7CC(=O)N7CC(C)(C)c8ncc(Cc9ccc(F)cc9)cc87)[C@H](C)C6)cn5)CC4)c(S(=O)(=O)C(C)(C)C)cc23)c1C. The summed E-state index contributed by atoms with van der Waals surface area (Å²) >= 11 is 0. The van der Waals surface area contributed by atoms with Crippen LogP contribution in [0.1, 0.15) is 127 Å². The standard InChI is InChI=1S/C64H84FN13O7S/c1-40-33-75(25-24-74(40)35-49-36-77(61(81)85-62(5,6)7)41(2)34-76(49)37-56(79)78-38-64(11,12)57-52(78)28-46(31-67-57)27-45-13-16-48(65)17-14-45)60(80)47-15-18-55(66-32-47)73-22-19-44(20-23-73)21-26-84-53-30-51-50(29-54(53)86(82,83)63(8,9)10)59(69-39-68-51)70-58-42(3)43(4)71-72-58/h13-18,28-32,39-41,44,49H,19-27,33-38H2,1-12H3,(H2,68,69,70,71,72)/t40-,41?,49?/m1/s1. The average molecular weight is 1200 g/mol. The van der Waals surface area contributed by atoms with Gasteiger partial charge in [-0.3, -0.25) is 29.5 Å². The molecule has 2 unspecified atom stereocenters. The third-order valence-corrected chi connectivity index (χ3v) is 20.0. The highest BCUT2D eigenvalue weighted by atomic mass is 32.2. The Balaban J connectivity index is 0.743. The molecule has 460 valence electrons. The second-order valence-electron chi connectivity index (χ2n) is 26.6. The van der Waals surface area contributed by atoms with Crippen molar-refractivity contribution >= 4 is 61.8 Å². The highest BCUT2D eigenvalue weighted by Gasteiger charge is 2.44. The Morgan fingerprint density at radius 1 is 0.837 bits per heavy atom. The Morgan fingerprint density at radius 3 is 2.24 bits per heavy atom. The topological polar surface area (TPSA) is 216 Å². The Bertz CT molecular complexity index is 3580. The van der Waals surface area contributed by atoms with Crippen LogP contribution in [0.4, 0.5) is 32.3 Å². The number of amides is 3. The number of nitrogens with zero attached hydrogens (tertiary/aromatic N) is 11. The van der Waals surface area contributed by atoms with Gasteiger partial charge in [-0.25, -0.2) is 32.6 Å². The van der Waals surface area contributed by atoms with Crippen molar-refractivity contribution in [2.45, 2.75) is 148 Å². The number of carbonyl (C=O) groups is 3. The van der Waals surface area contributed by atoms with Crippen LogP contribution in [-0.2, 0) is 31.2 Å². The molecule has 3 amide bonds. The lowest BCUT2D eigenvalue weighted by atomic mass is 9.91. The highest BCUT2D eigenvalue weighted by Crippen LogP contribution is 2.41. The molecular weight excluding hydrogens is 1110 g/mol. The zero-order chi connectivity index (χ0) is 61.6. The fraction of sp³-hybridized carbons (Fsp3) is 0.531. The first-order valence-corrected chi connectivity index (χ1v) is 31.6. The maximum atomic E-state index is 14.7. The minimum absolute atomic E-state index is 0.0193. The Labute approximate surface area is 505 Å². The van der Waals surface area contributed by atoms with Crippen LogP contribution in [0.2, 0.25) is 0 Å². The van der Waals surface area contributed by atoms with E-state index in [1.165, 1.54) is 18.5 Å². The Kier molecular flexibility index (Phi) is 17.6. The highest BCUT2D eigenvalue weighted by molar-refractivity contribution is 7.92. The average Bonchev–Trinajstić information content (AvgIpc) is 1.57. The number of aromatic amines is 1. The van der Waals surface area contributed by atoms with Crippen molar-refractivity contribution in [3.8, 4) is 5.75 Å². The van der Waals surface area contributed by atoms with Gasteiger partial charge in [0, 0.05) is 112 Å². The van der Waals surface area contributed by atoms with Gasteiger partial charge in [0.1, 0.15) is 45.8 Å². The van der Waals surface area contributed by atoms with Crippen LogP contribution in [0.25, 0.3) is 10.9 Å². The second kappa shape index (κ2) is 24.5. The van der Waals surface area contributed by atoms with Crippen molar-refractivity contribution in [2.24, 2.45) is 5.92 Å². The van der Waals surface area contributed by atoms with E-state index >= 15 is 0 Å². The summed E-state index contributed by atoms with van der Waals surface area (Å²) < 4.78 is 53.1. The van der Waals surface area contributed by atoms with Crippen molar-refractivity contribution < 1.29 is 36.7 Å². The first-order valence-electron chi connectivity index (χ1n) is 30.1. The summed E-state index contributed by atoms with van der Waals surface area (Å²) in [6.45, 7) is 28.3. The van der Waals surface area contributed by atoms with E-state index in [4.69, 9.17) is 19.4 Å². The molecule has 4 aliphatic rings. The number of carbonyl (C=O) groups excluding carboxylic acids is 3. The van der Waals surface area contributed by atoms with Gasteiger partial charge in [0.05, 0.1) is 46.1 Å². The fourth-order valence-corrected chi connectivity index (χ4v) is 13.5. The summed E-state index contributed by atoms with van der Waals surface area (Å²) in [5.74, 6) is 2.12. The van der Waals surface area contributed by atoms with E-state index in [9.17, 15) is 27.2 Å². The molecule has 0 spiro atoms. The predicted octanol–water partition coefficient (Wildman–Crippen LogP) is 9.27. The number of aryl methyl sites for hydroxylation is 1. The van der Waals surface area contributed by atoms with E-state index in [1.807, 2.05) is 75.7 Å². The lowest BCUT2D eigenvalue weighted by Crippen LogP contribution is -2.65. The molecule has 0 saturated carbocycles. The van der Waals surface area contributed by atoms with Gasteiger partial charge in [-0.1, -0.05) is 26.0 Å². The normalized spacial score (nSPS) is 19.9. The smallest absolute Gasteiger partial charge is 0.410 e. The Hall–Kier alpha value is -7.30. The third-order valence-electron chi connectivity index (χ3n) is 17.5. The summed E-state index contributed by atoms with van der Waals surface area (Å²) in [5.41, 5.74) is 5.32. The molecule has 3 atom stereocenters. The van der Waals surface area contributed by atoms with E-state index in [1.54, 1.807) is 56.1 Å². The van der Waals surface area contributed by atoms with E-state index < -0.39 is 20.2 Å². The molecule has 2 aromatic carbocycles. The Morgan fingerprint density at radius 2 is 1.58 bits per heavy atom. The molecular formula is C64H84FN13O7S. The van der Waals surface area contributed by atoms with Gasteiger partial charge in [0.15, 0.2) is 9.84 Å². The van der Waals surface area contributed by atoms with Gasteiger partial charge in [-0.2, -0.15) is 5.10 Å². The van der Waals surface area contributed by atoms with E-state index in [0.29, 0.717) is 92.9 Å². The number of H-pyrrole nitrogens is 1. The number of benzene rings is 2. The number of ether oxygens (including phenoxy) is 2. The van der Waals surface area contributed by atoms with Crippen molar-refractivity contribution in [3.05, 3.63) is 113 Å². The lowest BCUT2D eigenvalue weighted by molar-refractivity contribution is -0.121. The summed E-state index contributed by atoms with van der Waals surface area (Å²) in [6.07, 6.45) is 7.67. The zero-order valence-electron chi connectivity index (χ0n) is 51.9. The molecule has 20 nitrogen and oxygen atoms in total. The van der Waals surface area contributed by atoms with Gasteiger partial charge in [-0.15, -0.1) is 0 Å². The molecule has 0 bridgehead atoms. The number of rotatable bonds is 15. The molecule has 8 heterocycles. The number of pyridine rings is 2. The van der Waals surface area contributed by atoms with Gasteiger partial charge in [0.25, 0.3) is 5.91 Å². The summed E-state index contributed by atoms with van der Waals surface area (Å²) in [4.78, 5) is 73.6. The van der Waals surface area contributed by atoms with Crippen molar-refractivity contribution in [1.82, 2.24) is 49.7 Å². The van der Waals surface area contributed by atoms with Crippen LogP contribution in [0.15, 0.2) is 78.2 Å². The number of piperazine rings is 2. The van der Waals surface area contributed by atoms with Crippen LogP contribution in [-0.4, -0.2) is 177 Å². The molecule has 10 rings (SSSR count). The molecule has 3 fully saturated rings. The summed E-state index contributed by atoms with van der Waals surface area (Å²) in [6, 6.07) is 15.1. The van der Waals surface area contributed by atoms with Crippen LogP contribution < -0.4 is 19.9 Å². The number of nitrogens with one attached hydrogen (secondary N) is 2. The molecule has 3 saturated heterocycles. The van der Waals surface area contributed by atoms with Gasteiger partial charge >= 0.3 is 6.09 Å². The number of hydrogen-bond donors (Lipinski definition) is 2.